The van der Waals surface area contributed by atoms with Crippen molar-refractivity contribution >= 4 is 11.9 Å². The highest BCUT2D eigenvalue weighted by Crippen LogP contribution is 2.39. The van der Waals surface area contributed by atoms with Crippen molar-refractivity contribution in [3.63, 3.8) is 0 Å². The summed E-state index contributed by atoms with van der Waals surface area (Å²) >= 11 is 0. The largest absolute Gasteiger partial charge is 0.481 e. The number of rotatable bonds is 5. The molecule has 0 aliphatic heterocycles. The van der Waals surface area contributed by atoms with E-state index < -0.39 is 11.9 Å². The molecule has 0 aromatic rings. The maximum atomic E-state index is 12.2. The lowest BCUT2D eigenvalue weighted by atomic mass is 9.95. The van der Waals surface area contributed by atoms with Gasteiger partial charge in [-0.25, -0.2) is 0 Å². The van der Waals surface area contributed by atoms with Crippen LogP contribution in [-0.2, 0) is 9.59 Å². The fraction of sp³-hybridized carbons (Fsp3) is 0.857. The Morgan fingerprint density at radius 1 is 1.28 bits per heavy atom. The van der Waals surface area contributed by atoms with Crippen molar-refractivity contribution in [3.8, 4) is 0 Å². The maximum Gasteiger partial charge on any atom is 0.307 e. The van der Waals surface area contributed by atoms with Gasteiger partial charge in [-0.2, -0.15) is 0 Å². The molecule has 2 aliphatic rings. The van der Waals surface area contributed by atoms with Gasteiger partial charge in [-0.3, -0.25) is 9.59 Å². The van der Waals surface area contributed by atoms with Crippen molar-refractivity contribution in [1.29, 1.82) is 0 Å². The Balaban J connectivity index is 1.95. The summed E-state index contributed by atoms with van der Waals surface area (Å²) in [6.45, 7) is 4.09. The predicted octanol–water partition coefficient (Wildman–Crippen LogP) is 2.04. The number of amides is 1. The van der Waals surface area contributed by atoms with Gasteiger partial charge in [0, 0.05) is 6.04 Å². The van der Waals surface area contributed by atoms with Crippen LogP contribution in [0.5, 0.6) is 0 Å². The van der Waals surface area contributed by atoms with E-state index in [1.807, 2.05) is 6.92 Å². The van der Waals surface area contributed by atoms with E-state index in [-0.39, 0.29) is 17.9 Å². The van der Waals surface area contributed by atoms with Crippen LogP contribution in [0.1, 0.15) is 46.0 Å². The Morgan fingerprint density at radius 3 is 2.39 bits per heavy atom. The lowest BCUT2D eigenvalue weighted by molar-refractivity contribution is -0.146. The summed E-state index contributed by atoms with van der Waals surface area (Å²) in [6, 6.07) is 0.202. The normalized spacial score (nSPS) is 33.1. The molecule has 102 valence electrons. The maximum absolute atomic E-state index is 12.2. The molecule has 0 saturated heterocycles. The molecule has 0 aromatic heterocycles. The summed E-state index contributed by atoms with van der Waals surface area (Å²) in [5.74, 6) is -0.670. The summed E-state index contributed by atoms with van der Waals surface area (Å²) in [7, 11) is 0. The highest BCUT2D eigenvalue weighted by atomic mass is 16.4. The van der Waals surface area contributed by atoms with E-state index in [4.69, 9.17) is 0 Å². The second-order valence-electron chi connectivity index (χ2n) is 5.93. The van der Waals surface area contributed by atoms with E-state index in [0.717, 1.165) is 12.8 Å². The molecular weight excluding hydrogens is 230 g/mol. The van der Waals surface area contributed by atoms with Gasteiger partial charge >= 0.3 is 5.97 Å². The van der Waals surface area contributed by atoms with E-state index in [1.165, 1.54) is 12.8 Å². The molecule has 4 nitrogen and oxygen atoms in total. The third kappa shape index (κ3) is 2.85. The number of carbonyl (C=O) groups is 2. The molecule has 2 rings (SSSR count). The Hall–Kier alpha value is -1.06. The number of hydrogen-bond acceptors (Lipinski definition) is 2. The van der Waals surface area contributed by atoms with Gasteiger partial charge < -0.3 is 10.4 Å². The highest BCUT2D eigenvalue weighted by Gasteiger charge is 2.43. The fourth-order valence-corrected chi connectivity index (χ4v) is 3.08. The molecule has 4 heteroatoms. The van der Waals surface area contributed by atoms with Gasteiger partial charge in [0.2, 0.25) is 5.91 Å². The molecule has 2 saturated carbocycles. The zero-order chi connectivity index (χ0) is 13.3. The molecule has 18 heavy (non-hydrogen) atoms. The Labute approximate surface area is 108 Å². The molecule has 2 N–H and O–H groups in total. The summed E-state index contributed by atoms with van der Waals surface area (Å²) in [6.07, 6.45) is 4.72. The molecular formula is C14H23NO3. The van der Waals surface area contributed by atoms with Gasteiger partial charge in [-0.1, -0.05) is 13.3 Å². The average Bonchev–Trinajstić information content (AvgIpc) is 3.07. The minimum absolute atomic E-state index is 0.0437. The first-order valence-corrected chi connectivity index (χ1v) is 7.06. The van der Waals surface area contributed by atoms with E-state index in [0.29, 0.717) is 18.3 Å². The summed E-state index contributed by atoms with van der Waals surface area (Å²) in [5.41, 5.74) is 0. The molecule has 0 aromatic carbocycles. The van der Waals surface area contributed by atoms with Crippen molar-refractivity contribution < 1.29 is 14.7 Å². The Kier molecular flexibility index (Phi) is 3.93. The predicted molar refractivity (Wildman–Crippen MR) is 68.0 cm³/mol. The van der Waals surface area contributed by atoms with Crippen molar-refractivity contribution in [2.45, 2.75) is 52.0 Å². The third-order valence-electron chi connectivity index (χ3n) is 4.59. The van der Waals surface area contributed by atoms with E-state index in [2.05, 4.69) is 12.2 Å². The monoisotopic (exact) mass is 253 g/mol. The number of hydrogen-bond donors (Lipinski definition) is 2. The minimum atomic E-state index is -0.815. The van der Waals surface area contributed by atoms with E-state index >= 15 is 0 Å². The van der Waals surface area contributed by atoms with Crippen LogP contribution >= 0.6 is 0 Å². The van der Waals surface area contributed by atoms with Crippen LogP contribution in [0.3, 0.4) is 0 Å². The summed E-state index contributed by atoms with van der Waals surface area (Å²) in [5, 5.41) is 12.2. The minimum Gasteiger partial charge on any atom is -0.481 e. The molecule has 1 amide bonds. The van der Waals surface area contributed by atoms with Gasteiger partial charge in [0.25, 0.3) is 0 Å². The van der Waals surface area contributed by atoms with Gasteiger partial charge in [-0.05, 0) is 44.4 Å². The smallest absolute Gasteiger partial charge is 0.307 e. The molecule has 0 spiro atoms. The third-order valence-corrected chi connectivity index (χ3v) is 4.59. The Bertz CT molecular complexity index is 338. The second-order valence-corrected chi connectivity index (χ2v) is 5.93. The number of carboxylic acids is 1. The summed E-state index contributed by atoms with van der Waals surface area (Å²) < 4.78 is 0. The van der Waals surface area contributed by atoms with Crippen LogP contribution in [0.4, 0.5) is 0 Å². The lowest BCUT2D eigenvalue weighted by Gasteiger charge is -2.19. The standard InChI is InChI=1S/C14H23NO3/c1-3-9-6-11(12(7-9)14(17)18)13(16)15-8(2)10-4-5-10/h8-12H,3-7H2,1-2H3,(H,15,16)(H,17,18). The van der Waals surface area contributed by atoms with Crippen molar-refractivity contribution in [2.24, 2.45) is 23.7 Å². The summed E-state index contributed by atoms with van der Waals surface area (Å²) in [4.78, 5) is 23.4. The SMILES string of the molecule is CCC1CC(C(=O)O)C(C(=O)NC(C)C2CC2)C1. The zero-order valence-electron chi connectivity index (χ0n) is 11.2. The van der Waals surface area contributed by atoms with Gasteiger partial charge in [0.1, 0.15) is 0 Å². The number of carbonyl (C=O) groups excluding carboxylic acids is 1. The first kappa shape index (κ1) is 13.4. The van der Waals surface area contributed by atoms with Crippen LogP contribution in [0.15, 0.2) is 0 Å². The highest BCUT2D eigenvalue weighted by molar-refractivity contribution is 5.85. The number of carboxylic acid groups (broad SMARTS) is 1. The molecule has 2 aliphatic carbocycles. The van der Waals surface area contributed by atoms with Crippen LogP contribution in [0, 0.1) is 23.7 Å². The first-order valence-electron chi connectivity index (χ1n) is 7.06. The second kappa shape index (κ2) is 5.29. The number of aliphatic carboxylic acids is 1. The lowest BCUT2D eigenvalue weighted by Crippen LogP contribution is -2.40. The first-order chi connectivity index (χ1) is 8.52. The van der Waals surface area contributed by atoms with Crippen LogP contribution in [0.25, 0.3) is 0 Å². The van der Waals surface area contributed by atoms with Gasteiger partial charge in [0.05, 0.1) is 11.8 Å². The van der Waals surface area contributed by atoms with Crippen LogP contribution in [0.2, 0.25) is 0 Å². The molecule has 2 fully saturated rings. The topological polar surface area (TPSA) is 66.4 Å². The van der Waals surface area contributed by atoms with Crippen molar-refractivity contribution in [1.82, 2.24) is 5.32 Å². The quantitative estimate of drug-likeness (QED) is 0.788. The van der Waals surface area contributed by atoms with E-state index in [9.17, 15) is 14.7 Å². The molecule has 0 bridgehead atoms. The number of nitrogens with one attached hydrogen (secondary N) is 1. The molecule has 4 unspecified atom stereocenters. The van der Waals surface area contributed by atoms with Crippen LogP contribution < -0.4 is 5.32 Å². The van der Waals surface area contributed by atoms with Gasteiger partial charge in [-0.15, -0.1) is 0 Å². The molecule has 0 radical (unpaired) electrons. The molecule has 0 heterocycles. The van der Waals surface area contributed by atoms with Crippen molar-refractivity contribution in [3.05, 3.63) is 0 Å². The molecule has 4 atom stereocenters. The van der Waals surface area contributed by atoms with Crippen molar-refractivity contribution in [2.75, 3.05) is 0 Å². The zero-order valence-corrected chi connectivity index (χ0v) is 11.2. The van der Waals surface area contributed by atoms with Gasteiger partial charge in [0.15, 0.2) is 0 Å². The average molecular weight is 253 g/mol. The van der Waals surface area contributed by atoms with E-state index in [1.54, 1.807) is 0 Å². The van der Waals surface area contributed by atoms with Crippen LogP contribution in [-0.4, -0.2) is 23.0 Å². The fourth-order valence-electron chi connectivity index (χ4n) is 3.08. The Morgan fingerprint density at radius 2 is 1.89 bits per heavy atom.